The Morgan fingerprint density at radius 3 is 2.75 bits per heavy atom. The Morgan fingerprint density at radius 1 is 1.25 bits per heavy atom. The predicted molar refractivity (Wildman–Crippen MR) is 123 cm³/mol. The summed E-state index contributed by atoms with van der Waals surface area (Å²) in [7, 11) is 0. The van der Waals surface area contributed by atoms with Crippen molar-refractivity contribution in [2.45, 2.75) is 26.3 Å². The molecule has 0 bridgehead atoms. The molecule has 8 nitrogen and oxygen atoms in total. The molecule has 0 radical (unpaired) electrons. The number of rotatable bonds is 5. The van der Waals surface area contributed by atoms with Gasteiger partial charge < -0.3 is 15.1 Å². The van der Waals surface area contributed by atoms with Crippen LogP contribution >= 0.6 is 0 Å². The largest absolute Gasteiger partial charge is 0.367 e. The third kappa shape index (κ3) is 4.11. The number of benzene rings is 2. The average Bonchev–Trinajstić information content (AvgIpc) is 2.81. The molecule has 1 N–H and O–H groups in total. The number of para-hydroxylation sites is 1. The van der Waals surface area contributed by atoms with E-state index in [1.807, 2.05) is 44.2 Å². The number of anilines is 2. The minimum atomic E-state index is -0.392. The minimum absolute atomic E-state index is 0.0266. The van der Waals surface area contributed by atoms with Gasteiger partial charge in [-0.1, -0.05) is 26.0 Å². The molecule has 1 saturated heterocycles. The maximum atomic E-state index is 13.2. The summed E-state index contributed by atoms with van der Waals surface area (Å²) in [6, 6.07) is 14.7. The van der Waals surface area contributed by atoms with E-state index >= 15 is 0 Å². The second-order valence-electron chi connectivity index (χ2n) is 8.86. The van der Waals surface area contributed by atoms with Gasteiger partial charge in [0.1, 0.15) is 6.07 Å². The molecule has 2 atom stereocenters. The lowest BCUT2D eigenvalue weighted by atomic mass is 9.83. The molecule has 2 aliphatic rings. The van der Waals surface area contributed by atoms with Crippen molar-refractivity contribution in [1.29, 1.82) is 5.26 Å². The van der Waals surface area contributed by atoms with E-state index in [4.69, 9.17) is 0 Å². The summed E-state index contributed by atoms with van der Waals surface area (Å²) >= 11 is 0. The van der Waals surface area contributed by atoms with E-state index in [2.05, 4.69) is 21.2 Å². The molecule has 2 heterocycles. The SMILES string of the molecule is CC(C)CNC(=O)C1Cc2cc([N+](=O)[O-])ccc2N2CCN(c3ccccc3C#N)CC12. The molecule has 2 aromatic carbocycles. The smallest absolute Gasteiger partial charge is 0.269 e. The van der Waals surface area contributed by atoms with E-state index in [9.17, 15) is 20.2 Å². The average molecular weight is 434 g/mol. The Balaban J connectivity index is 1.68. The number of nitriles is 1. The standard InChI is InChI=1S/C24H27N5O3/c1-16(2)14-26-24(30)20-12-18-11-19(29(31)32)7-8-22(18)28-10-9-27(15-23(20)28)21-6-4-3-5-17(21)13-25/h3-8,11,16,20,23H,9-10,12,14-15H2,1-2H3,(H,26,30). The van der Waals surface area contributed by atoms with Crippen molar-refractivity contribution in [3.63, 3.8) is 0 Å². The van der Waals surface area contributed by atoms with E-state index in [0.29, 0.717) is 44.1 Å². The van der Waals surface area contributed by atoms with Crippen LogP contribution in [0.2, 0.25) is 0 Å². The molecule has 2 unspecified atom stereocenters. The highest BCUT2D eigenvalue weighted by molar-refractivity contribution is 5.82. The zero-order chi connectivity index (χ0) is 22.8. The van der Waals surface area contributed by atoms with Crippen molar-refractivity contribution in [3.05, 3.63) is 63.7 Å². The summed E-state index contributed by atoms with van der Waals surface area (Å²) < 4.78 is 0. The lowest BCUT2D eigenvalue weighted by Crippen LogP contribution is -2.61. The van der Waals surface area contributed by atoms with Gasteiger partial charge >= 0.3 is 0 Å². The van der Waals surface area contributed by atoms with Gasteiger partial charge in [-0.25, -0.2) is 0 Å². The monoisotopic (exact) mass is 433 g/mol. The van der Waals surface area contributed by atoms with Crippen LogP contribution in [0.15, 0.2) is 42.5 Å². The number of fused-ring (bicyclic) bond motifs is 3. The molecule has 0 aromatic heterocycles. The van der Waals surface area contributed by atoms with Crippen LogP contribution in [0.4, 0.5) is 17.1 Å². The number of nitrogens with one attached hydrogen (secondary N) is 1. The quantitative estimate of drug-likeness (QED) is 0.574. The van der Waals surface area contributed by atoms with Crippen molar-refractivity contribution in [2.24, 2.45) is 11.8 Å². The molecule has 1 fully saturated rings. The molecule has 1 amide bonds. The number of nitrogens with zero attached hydrogens (tertiary/aromatic N) is 4. The van der Waals surface area contributed by atoms with Crippen molar-refractivity contribution in [3.8, 4) is 6.07 Å². The third-order valence-corrected chi connectivity index (χ3v) is 6.29. The molecule has 8 heteroatoms. The number of nitro benzene ring substituents is 1. The van der Waals surface area contributed by atoms with E-state index in [1.54, 1.807) is 6.07 Å². The first-order valence-corrected chi connectivity index (χ1v) is 10.9. The van der Waals surface area contributed by atoms with E-state index in [1.165, 1.54) is 6.07 Å². The molecule has 0 saturated carbocycles. The fourth-order valence-corrected chi connectivity index (χ4v) is 4.72. The van der Waals surface area contributed by atoms with Crippen molar-refractivity contribution in [1.82, 2.24) is 5.32 Å². The van der Waals surface area contributed by atoms with Crippen molar-refractivity contribution in [2.75, 3.05) is 36.0 Å². The topological polar surface area (TPSA) is 103 Å². The highest BCUT2D eigenvalue weighted by Gasteiger charge is 2.42. The molecule has 0 spiro atoms. The molecular formula is C24H27N5O3. The predicted octanol–water partition coefficient (Wildman–Crippen LogP) is 3.11. The maximum absolute atomic E-state index is 13.2. The summed E-state index contributed by atoms with van der Waals surface area (Å²) in [5.74, 6) is -0.0287. The summed E-state index contributed by atoms with van der Waals surface area (Å²) in [6.07, 6.45) is 0.454. The molecular weight excluding hydrogens is 406 g/mol. The van der Waals surface area contributed by atoms with Crippen LogP contribution in [0.5, 0.6) is 0 Å². The number of amides is 1. The van der Waals surface area contributed by atoms with Crippen LogP contribution in [-0.4, -0.2) is 43.1 Å². The number of nitro groups is 1. The Kier molecular flexibility index (Phi) is 5.99. The Hall–Kier alpha value is -3.60. The normalized spacial score (nSPS) is 19.7. The number of hydrogen-bond donors (Lipinski definition) is 1. The van der Waals surface area contributed by atoms with Crippen LogP contribution in [0.3, 0.4) is 0 Å². The van der Waals surface area contributed by atoms with Gasteiger partial charge in [-0.3, -0.25) is 14.9 Å². The van der Waals surface area contributed by atoms with Crippen LogP contribution in [0.25, 0.3) is 0 Å². The minimum Gasteiger partial charge on any atom is -0.367 e. The van der Waals surface area contributed by atoms with Gasteiger partial charge in [0.25, 0.3) is 5.69 Å². The van der Waals surface area contributed by atoms with Crippen LogP contribution < -0.4 is 15.1 Å². The van der Waals surface area contributed by atoms with Gasteiger partial charge in [0.05, 0.1) is 28.1 Å². The van der Waals surface area contributed by atoms with Crippen molar-refractivity contribution >= 4 is 23.0 Å². The molecule has 2 aromatic rings. The van der Waals surface area contributed by atoms with Gasteiger partial charge in [-0.15, -0.1) is 0 Å². The van der Waals surface area contributed by atoms with Gasteiger partial charge in [-0.05, 0) is 36.1 Å². The first-order valence-electron chi connectivity index (χ1n) is 10.9. The first-order chi connectivity index (χ1) is 15.4. The van der Waals surface area contributed by atoms with Crippen LogP contribution in [-0.2, 0) is 11.2 Å². The molecule has 166 valence electrons. The molecule has 32 heavy (non-hydrogen) atoms. The van der Waals surface area contributed by atoms with Gasteiger partial charge in [-0.2, -0.15) is 5.26 Å². The number of carbonyl (C=O) groups is 1. The maximum Gasteiger partial charge on any atom is 0.269 e. The lowest BCUT2D eigenvalue weighted by Gasteiger charge is -2.49. The lowest BCUT2D eigenvalue weighted by molar-refractivity contribution is -0.384. The second kappa shape index (κ2) is 8.87. The summed E-state index contributed by atoms with van der Waals surface area (Å²) in [6.45, 7) is 6.66. The zero-order valence-corrected chi connectivity index (χ0v) is 18.3. The van der Waals surface area contributed by atoms with Crippen LogP contribution in [0.1, 0.15) is 25.0 Å². The zero-order valence-electron chi connectivity index (χ0n) is 18.3. The number of hydrogen-bond acceptors (Lipinski definition) is 6. The van der Waals surface area contributed by atoms with Crippen molar-refractivity contribution < 1.29 is 9.72 Å². The van der Waals surface area contributed by atoms with Gasteiger partial charge in [0, 0.05) is 44.0 Å². The highest BCUT2D eigenvalue weighted by Crippen LogP contribution is 2.39. The summed E-state index contributed by atoms with van der Waals surface area (Å²) in [5, 5.41) is 23.9. The Labute approximate surface area is 187 Å². The Bertz CT molecular complexity index is 1080. The number of piperazine rings is 1. The highest BCUT2D eigenvalue weighted by atomic mass is 16.6. The fourth-order valence-electron chi connectivity index (χ4n) is 4.72. The second-order valence-corrected chi connectivity index (χ2v) is 8.86. The third-order valence-electron chi connectivity index (χ3n) is 6.29. The fraction of sp³-hybridized carbons (Fsp3) is 0.417. The van der Waals surface area contributed by atoms with E-state index < -0.39 is 4.92 Å². The number of non-ortho nitro benzene ring substituents is 1. The van der Waals surface area contributed by atoms with E-state index in [-0.39, 0.29) is 23.6 Å². The van der Waals surface area contributed by atoms with Crippen LogP contribution in [0, 0.1) is 33.3 Å². The summed E-state index contributed by atoms with van der Waals surface area (Å²) in [5.41, 5.74) is 3.34. The van der Waals surface area contributed by atoms with Gasteiger partial charge in [0.15, 0.2) is 0 Å². The first kappa shape index (κ1) is 21.6. The molecule has 2 aliphatic heterocycles. The molecule has 4 rings (SSSR count). The molecule has 0 aliphatic carbocycles. The number of carbonyl (C=O) groups excluding carboxylic acids is 1. The van der Waals surface area contributed by atoms with E-state index in [0.717, 1.165) is 16.9 Å². The van der Waals surface area contributed by atoms with Gasteiger partial charge in [0.2, 0.25) is 5.91 Å². The summed E-state index contributed by atoms with van der Waals surface area (Å²) in [4.78, 5) is 28.5. The Morgan fingerprint density at radius 2 is 2.03 bits per heavy atom.